The summed E-state index contributed by atoms with van der Waals surface area (Å²) in [6, 6.07) is 36.0. The Hall–Kier alpha value is -3.91. The van der Waals surface area contributed by atoms with Crippen LogP contribution < -0.4 is 0 Å². The van der Waals surface area contributed by atoms with Crippen molar-refractivity contribution in [3.8, 4) is 0 Å². The van der Waals surface area contributed by atoms with Crippen LogP contribution in [0.4, 0.5) is 8.78 Å². The summed E-state index contributed by atoms with van der Waals surface area (Å²) in [7, 11) is 0. The molecule has 1 saturated heterocycles. The van der Waals surface area contributed by atoms with Gasteiger partial charge in [-0.25, -0.2) is 4.79 Å². The highest BCUT2D eigenvalue weighted by Gasteiger charge is 2.61. The minimum atomic E-state index is -3.84. The van der Waals surface area contributed by atoms with E-state index in [-0.39, 0.29) is 5.56 Å². The third kappa shape index (κ3) is 4.84. The Labute approximate surface area is 219 Å². The molecule has 4 aromatic rings. The summed E-state index contributed by atoms with van der Waals surface area (Å²) >= 11 is 0. The summed E-state index contributed by atoms with van der Waals surface area (Å²) in [6.07, 6.45) is -5.96. The van der Waals surface area contributed by atoms with Crippen molar-refractivity contribution in [3.05, 3.63) is 144 Å². The summed E-state index contributed by atoms with van der Waals surface area (Å²) in [5.41, 5.74) is 1.20. The van der Waals surface area contributed by atoms with Crippen molar-refractivity contribution >= 4 is 5.97 Å². The summed E-state index contributed by atoms with van der Waals surface area (Å²) in [4.78, 5) is 12.7. The van der Waals surface area contributed by atoms with E-state index < -0.39 is 42.6 Å². The summed E-state index contributed by atoms with van der Waals surface area (Å²) in [6.45, 7) is -0.405. The zero-order chi connectivity index (χ0) is 26.6. The van der Waals surface area contributed by atoms with Crippen LogP contribution >= 0.6 is 0 Å². The average Bonchev–Trinajstić information content (AvgIpc) is 3.18. The van der Waals surface area contributed by atoms with Crippen LogP contribution in [0.2, 0.25) is 0 Å². The number of esters is 1. The molecule has 0 aromatic heterocycles. The number of carbonyl (C=O) groups excluding carboxylic acids is 1. The van der Waals surface area contributed by atoms with Crippen molar-refractivity contribution in [1.29, 1.82) is 0 Å². The van der Waals surface area contributed by atoms with Gasteiger partial charge in [0.05, 0.1) is 12.2 Å². The molecule has 0 amide bonds. The van der Waals surface area contributed by atoms with Crippen molar-refractivity contribution in [1.82, 2.24) is 0 Å². The van der Waals surface area contributed by atoms with Gasteiger partial charge in [0.2, 0.25) is 6.29 Å². The number of benzene rings is 4. The third-order valence-corrected chi connectivity index (χ3v) is 6.60. The third-order valence-electron chi connectivity index (χ3n) is 6.60. The number of rotatable bonds is 8. The molecule has 3 atom stereocenters. The molecule has 5 rings (SSSR count). The van der Waals surface area contributed by atoms with Crippen molar-refractivity contribution in [3.63, 3.8) is 0 Å². The van der Waals surface area contributed by atoms with Crippen molar-refractivity contribution in [2.75, 3.05) is 6.61 Å². The first-order chi connectivity index (χ1) is 18.4. The second kappa shape index (κ2) is 10.8. The molecule has 38 heavy (non-hydrogen) atoms. The van der Waals surface area contributed by atoms with Crippen molar-refractivity contribution in [2.24, 2.45) is 0 Å². The lowest BCUT2D eigenvalue weighted by atomic mass is 9.80. The molecular weight excluding hydrogens is 490 g/mol. The fraction of sp³-hybridized carbons (Fsp3) is 0.194. The van der Waals surface area contributed by atoms with Crippen molar-refractivity contribution in [2.45, 2.75) is 30.0 Å². The van der Waals surface area contributed by atoms with Crippen molar-refractivity contribution < 1.29 is 32.9 Å². The van der Waals surface area contributed by atoms with Gasteiger partial charge in [-0.05, 0) is 28.8 Å². The number of halogens is 2. The van der Waals surface area contributed by atoms with Crippen LogP contribution in [0.5, 0.6) is 0 Å². The second-order valence-corrected chi connectivity index (χ2v) is 8.98. The SMILES string of the molecule is O=C(OC1[C@@H](COC(c2ccccc2)(c2ccccc2)c2ccccc2)O[C@@H](O)C1(F)F)c1ccccc1. The average molecular weight is 517 g/mol. The van der Waals surface area contributed by atoms with Gasteiger partial charge in [0.1, 0.15) is 11.7 Å². The Morgan fingerprint density at radius 1 is 0.763 bits per heavy atom. The molecule has 1 heterocycles. The molecule has 1 aliphatic rings. The monoisotopic (exact) mass is 516 g/mol. The fourth-order valence-corrected chi connectivity index (χ4v) is 4.73. The first kappa shape index (κ1) is 25.7. The predicted octanol–water partition coefficient (Wildman–Crippen LogP) is 5.57. The summed E-state index contributed by atoms with van der Waals surface area (Å²) < 4.78 is 47.0. The van der Waals surface area contributed by atoms with E-state index in [0.29, 0.717) is 0 Å². The topological polar surface area (TPSA) is 65.0 Å². The number of aliphatic hydroxyl groups excluding tert-OH is 1. The molecule has 0 spiro atoms. The highest BCUT2D eigenvalue weighted by Crippen LogP contribution is 2.43. The van der Waals surface area contributed by atoms with E-state index in [0.717, 1.165) is 16.7 Å². The highest BCUT2D eigenvalue weighted by atomic mass is 19.3. The number of aliphatic hydroxyl groups is 1. The van der Waals surface area contributed by atoms with E-state index in [4.69, 9.17) is 14.2 Å². The van der Waals surface area contributed by atoms with Crippen LogP contribution in [0, 0.1) is 0 Å². The minimum absolute atomic E-state index is 0.108. The second-order valence-electron chi connectivity index (χ2n) is 8.98. The molecule has 0 aliphatic carbocycles. The van der Waals surface area contributed by atoms with Gasteiger partial charge < -0.3 is 19.3 Å². The molecule has 1 aliphatic heterocycles. The van der Waals surface area contributed by atoms with Crippen LogP contribution in [0.1, 0.15) is 27.0 Å². The van der Waals surface area contributed by atoms with E-state index >= 15 is 8.78 Å². The molecular formula is C31H26F2O5. The van der Waals surface area contributed by atoms with Gasteiger partial charge in [-0.1, -0.05) is 109 Å². The Kier molecular flexibility index (Phi) is 7.33. The lowest BCUT2D eigenvalue weighted by Gasteiger charge is -2.37. The molecule has 0 radical (unpaired) electrons. The molecule has 5 nitrogen and oxygen atoms in total. The number of carbonyl (C=O) groups is 1. The van der Waals surface area contributed by atoms with E-state index in [1.165, 1.54) is 12.1 Å². The van der Waals surface area contributed by atoms with E-state index in [2.05, 4.69) is 0 Å². The summed E-state index contributed by atoms with van der Waals surface area (Å²) in [5, 5.41) is 10.0. The van der Waals surface area contributed by atoms with Gasteiger partial charge in [0.25, 0.3) is 0 Å². The number of ether oxygens (including phenoxy) is 3. The first-order valence-corrected chi connectivity index (χ1v) is 12.2. The van der Waals surface area contributed by atoms with Crippen LogP contribution in [0.25, 0.3) is 0 Å². The maximum absolute atomic E-state index is 15.0. The highest BCUT2D eigenvalue weighted by molar-refractivity contribution is 5.89. The van der Waals surface area contributed by atoms with E-state index in [1.807, 2.05) is 91.0 Å². The number of hydrogen-bond acceptors (Lipinski definition) is 5. The largest absolute Gasteiger partial charge is 0.449 e. The lowest BCUT2D eigenvalue weighted by Crippen LogP contribution is -2.45. The molecule has 1 unspecified atom stereocenters. The standard InChI is InChI=1S/C31H26F2O5/c32-31(33)27(38-28(34)22-13-5-1-6-14-22)26(37-29(31)35)21-36-30(23-15-7-2-8-16-23,24-17-9-3-10-18-24)25-19-11-4-12-20-25/h1-20,26-27,29,35H,21H2/t26-,27?,29-/m1/s1. The molecule has 4 aromatic carbocycles. The predicted molar refractivity (Wildman–Crippen MR) is 137 cm³/mol. The number of hydrogen-bond donors (Lipinski definition) is 1. The van der Waals surface area contributed by atoms with Gasteiger partial charge in [0, 0.05) is 0 Å². The maximum atomic E-state index is 15.0. The van der Waals surface area contributed by atoms with Gasteiger partial charge in [-0.2, -0.15) is 8.78 Å². The molecule has 1 N–H and O–H groups in total. The van der Waals surface area contributed by atoms with Gasteiger partial charge >= 0.3 is 11.9 Å². The zero-order valence-electron chi connectivity index (χ0n) is 20.3. The van der Waals surface area contributed by atoms with E-state index in [1.54, 1.807) is 18.2 Å². The Balaban J connectivity index is 1.52. The molecule has 0 bridgehead atoms. The quantitative estimate of drug-likeness (QED) is 0.245. The number of alkyl halides is 2. The van der Waals surface area contributed by atoms with Crippen LogP contribution in [0.15, 0.2) is 121 Å². The first-order valence-electron chi connectivity index (χ1n) is 12.2. The molecule has 1 fully saturated rings. The lowest BCUT2D eigenvalue weighted by molar-refractivity contribution is -0.200. The van der Waals surface area contributed by atoms with E-state index in [9.17, 15) is 9.90 Å². The molecule has 194 valence electrons. The molecule has 7 heteroatoms. The fourth-order valence-electron chi connectivity index (χ4n) is 4.73. The zero-order valence-corrected chi connectivity index (χ0v) is 20.3. The van der Waals surface area contributed by atoms with Gasteiger partial charge in [-0.3, -0.25) is 0 Å². The van der Waals surface area contributed by atoms with Crippen LogP contribution in [-0.4, -0.2) is 42.1 Å². The van der Waals surface area contributed by atoms with Crippen LogP contribution in [-0.2, 0) is 19.8 Å². The smallest absolute Gasteiger partial charge is 0.338 e. The summed E-state index contributed by atoms with van der Waals surface area (Å²) in [5.74, 6) is -4.79. The van der Waals surface area contributed by atoms with Gasteiger partial charge in [0.15, 0.2) is 6.10 Å². The normalized spacial score (nSPS) is 20.7. The Morgan fingerprint density at radius 3 is 1.63 bits per heavy atom. The van der Waals surface area contributed by atoms with Crippen LogP contribution in [0.3, 0.4) is 0 Å². The Bertz CT molecular complexity index is 1240. The Morgan fingerprint density at radius 2 is 1.18 bits per heavy atom. The maximum Gasteiger partial charge on any atom is 0.338 e. The molecule has 0 saturated carbocycles. The minimum Gasteiger partial charge on any atom is -0.449 e. The van der Waals surface area contributed by atoms with Gasteiger partial charge in [-0.15, -0.1) is 0 Å².